The summed E-state index contributed by atoms with van der Waals surface area (Å²) in [5, 5.41) is 0. The molecule has 2 atom stereocenters. The number of alkyl halides is 1. The van der Waals surface area contributed by atoms with Crippen LogP contribution in [0.1, 0.15) is 38.5 Å². The Hall–Kier alpha value is -0.500. The van der Waals surface area contributed by atoms with E-state index in [2.05, 4.69) is 15.9 Å². The van der Waals surface area contributed by atoms with Gasteiger partial charge in [0, 0.05) is 4.83 Å². The van der Waals surface area contributed by atoms with Gasteiger partial charge in [-0.05, 0) is 43.7 Å². The lowest BCUT2D eigenvalue weighted by Gasteiger charge is -2.27. The van der Waals surface area contributed by atoms with Gasteiger partial charge in [-0.1, -0.05) is 47.0 Å². The molecule has 2 unspecified atom stereocenters. The Morgan fingerprint density at radius 2 is 1.88 bits per heavy atom. The summed E-state index contributed by atoms with van der Waals surface area (Å²) in [6.07, 6.45) is 8.01. The molecule has 1 aromatic carbocycles. The van der Waals surface area contributed by atoms with Crippen molar-refractivity contribution in [1.29, 1.82) is 0 Å². The van der Waals surface area contributed by atoms with Gasteiger partial charge in [0.1, 0.15) is 5.75 Å². The maximum atomic E-state index is 5.72. The Labute approximate surface area is 113 Å². The van der Waals surface area contributed by atoms with Gasteiger partial charge in [-0.2, -0.15) is 0 Å². The van der Waals surface area contributed by atoms with Crippen LogP contribution in [-0.4, -0.2) is 11.4 Å². The van der Waals surface area contributed by atoms with Crippen molar-refractivity contribution in [3.05, 3.63) is 30.3 Å². The highest BCUT2D eigenvalue weighted by Crippen LogP contribution is 2.32. The molecule has 1 aliphatic rings. The Morgan fingerprint density at radius 3 is 2.65 bits per heavy atom. The molecule has 0 radical (unpaired) electrons. The van der Waals surface area contributed by atoms with Crippen LogP contribution in [0, 0.1) is 5.92 Å². The van der Waals surface area contributed by atoms with Crippen LogP contribution >= 0.6 is 15.9 Å². The van der Waals surface area contributed by atoms with Crippen molar-refractivity contribution >= 4 is 15.9 Å². The molecule has 0 N–H and O–H groups in total. The fourth-order valence-electron chi connectivity index (χ4n) is 2.54. The van der Waals surface area contributed by atoms with E-state index in [-0.39, 0.29) is 0 Å². The molecule has 0 spiro atoms. The summed E-state index contributed by atoms with van der Waals surface area (Å²) in [4.78, 5) is 0.743. The standard InChI is InChI=1S/C15H21BrO/c16-15-11-5-4-7-13(15)8-6-12-17-14-9-2-1-3-10-14/h1-3,9-10,13,15H,4-8,11-12H2. The molecule has 0 heterocycles. The first-order valence-electron chi connectivity index (χ1n) is 6.68. The van der Waals surface area contributed by atoms with E-state index in [1.165, 1.54) is 38.5 Å². The molecule has 0 aliphatic heterocycles. The minimum atomic E-state index is 0.743. The van der Waals surface area contributed by atoms with E-state index >= 15 is 0 Å². The lowest BCUT2D eigenvalue weighted by Crippen LogP contribution is -2.19. The van der Waals surface area contributed by atoms with Gasteiger partial charge >= 0.3 is 0 Å². The summed E-state index contributed by atoms with van der Waals surface area (Å²) >= 11 is 3.81. The number of hydrogen-bond donors (Lipinski definition) is 0. The largest absolute Gasteiger partial charge is 0.494 e. The van der Waals surface area contributed by atoms with Gasteiger partial charge in [-0.25, -0.2) is 0 Å². The van der Waals surface area contributed by atoms with Gasteiger partial charge in [0.15, 0.2) is 0 Å². The molecule has 94 valence electrons. The first kappa shape index (κ1) is 12.9. The molecular weight excluding hydrogens is 276 g/mol. The number of para-hydroxylation sites is 1. The van der Waals surface area contributed by atoms with Gasteiger partial charge in [0.2, 0.25) is 0 Å². The van der Waals surface area contributed by atoms with Crippen LogP contribution in [0.25, 0.3) is 0 Å². The predicted molar refractivity (Wildman–Crippen MR) is 75.8 cm³/mol. The summed E-state index contributed by atoms with van der Waals surface area (Å²) in [5.74, 6) is 1.86. The molecule has 0 saturated heterocycles. The number of benzene rings is 1. The van der Waals surface area contributed by atoms with Crippen molar-refractivity contribution in [3.63, 3.8) is 0 Å². The second kappa shape index (κ2) is 7.05. The highest BCUT2D eigenvalue weighted by Gasteiger charge is 2.21. The summed E-state index contributed by atoms with van der Waals surface area (Å²) in [7, 11) is 0. The molecule has 2 rings (SSSR count). The van der Waals surface area contributed by atoms with Gasteiger partial charge in [-0.3, -0.25) is 0 Å². The Balaban J connectivity index is 1.63. The number of ether oxygens (including phenoxy) is 1. The zero-order chi connectivity index (χ0) is 11.9. The van der Waals surface area contributed by atoms with Crippen molar-refractivity contribution in [2.75, 3.05) is 6.61 Å². The van der Waals surface area contributed by atoms with Crippen molar-refractivity contribution < 1.29 is 4.74 Å². The summed E-state index contributed by atoms with van der Waals surface area (Å²) in [5.41, 5.74) is 0. The first-order valence-corrected chi connectivity index (χ1v) is 7.60. The van der Waals surface area contributed by atoms with Gasteiger partial charge in [0.25, 0.3) is 0 Å². The van der Waals surface area contributed by atoms with Crippen LogP contribution in [0.5, 0.6) is 5.75 Å². The predicted octanol–water partition coefficient (Wildman–Crippen LogP) is 4.80. The van der Waals surface area contributed by atoms with E-state index in [0.29, 0.717) is 0 Å². The fraction of sp³-hybridized carbons (Fsp3) is 0.600. The average Bonchev–Trinajstić information content (AvgIpc) is 2.38. The van der Waals surface area contributed by atoms with Crippen molar-refractivity contribution in [1.82, 2.24) is 0 Å². The monoisotopic (exact) mass is 296 g/mol. The third-order valence-corrected chi connectivity index (χ3v) is 4.75. The minimum Gasteiger partial charge on any atom is -0.494 e. The van der Waals surface area contributed by atoms with Crippen molar-refractivity contribution in [2.45, 2.75) is 43.4 Å². The lowest BCUT2D eigenvalue weighted by atomic mass is 9.86. The molecular formula is C15H21BrO. The van der Waals surface area contributed by atoms with Crippen LogP contribution in [-0.2, 0) is 0 Å². The van der Waals surface area contributed by atoms with E-state index in [9.17, 15) is 0 Å². The Kier molecular flexibility index (Phi) is 5.37. The molecule has 1 fully saturated rings. The average molecular weight is 297 g/mol. The summed E-state index contributed by atoms with van der Waals surface area (Å²) < 4.78 is 5.72. The number of halogens is 1. The molecule has 1 saturated carbocycles. The maximum Gasteiger partial charge on any atom is 0.119 e. The molecule has 17 heavy (non-hydrogen) atoms. The highest BCUT2D eigenvalue weighted by molar-refractivity contribution is 9.09. The number of rotatable bonds is 5. The Morgan fingerprint density at radius 1 is 1.12 bits per heavy atom. The third kappa shape index (κ3) is 4.34. The van der Waals surface area contributed by atoms with Crippen LogP contribution in [0.15, 0.2) is 30.3 Å². The lowest BCUT2D eigenvalue weighted by molar-refractivity contribution is 0.274. The maximum absolute atomic E-state index is 5.72. The summed E-state index contributed by atoms with van der Waals surface area (Å²) in [6, 6.07) is 10.1. The van der Waals surface area contributed by atoms with E-state index in [0.717, 1.165) is 23.1 Å². The van der Waals surface area contributed by atoms with E-state index in [1.807, 2.05) is 30.3 Å². The van der Waals surface area contributed by atoms with E-state index in [1.54, 1.807) is 0 Å². The summed E-state index contributed by atoms with van der Waals surface area (Å²) in [6.45, 7) is 0.847. The van der Waals surface area contributed by atoms with Crippen LogP contribution in [0.4, 0.5) is 0 Å². The molecule has 1 aromatic rings. The highest BCUT2D eigenvalue weighted by atomic mass is 79.9. The minimum absolute atomic E-state index is 0.743. The SMILES string of the molecule is BrC1CCCCC1CCCOc1ccccc1. The third-order valence-electron chi connectivity index (χ3n) is 3.55. The van der Waals surface area contributed by atoms with Crippen LogP contribution in [0.3, 0.4) is 0 Å². The van der Waals surface area contributed by atoms with E-state index < -0.39 is 0 Å². The molecule has 1 aliphatic carbocycles. The van der Waals surface area contributed by atoms with Crippen molar-refractivity contribution in [3.8, 4) is 5.75 Å². The first-order chi connectivity index (χ1) is 8.36. The second-order valence-corrected chi connectivity index (χ2v) is 6.04. The zero-order valence-electron chi connectivity index (χ0n) is 10.3. The van der Waals surface area contributed by atoms with Crippen LogP contribution in [0.2, 0.25) is 0 Å². The zero-order valence-corrected chi connectivity index (χ0v) is 11.9. The van der Waals surface area contributed by atoms with Crippen LogP contribution < -0.4 is 4.74 Å². The topological polar surface area (TPSA) is 9.23 Å². The molecule has 0 amide bonds. The smallest absolute Gasteiger partial charge is 0.119 e. The van der Waals surface area contributed by atoms with Crippen molar-refractivity contribution in [2.24, 2.45) is 5.92 Å². The van der Waals surface area contributed by atoms with E-state index in [4.69, 9.17) is 4.74 Å². The van der Waals surface area contributed by atoms with Gasteiger partial charge in [0.05, 0.1) is 6.61 Å². The van der Waals surface area contributed by atoms with Gasteiger partial charge in [-0.15, -0.1) is 0 Å². The molecule has 2 heteroatoms. The fourth-order valence-corrected chi connectivity index (χ4v) is 3.39. The van der Waals surface area contributed by atoms with Gasteiger partial charge < -0.3 is 4.74 Å². The molecule has 0 aromatic heterocycles. The Bertz CT molecular complexity index is 312. The quantitative estimate of drug-likeness (QED) is 0.560. The normalized spacial score (nSPS) is 24.5. The molecule has 0 bridgehead atoms. The second-order valence-electron chi connectivity index (χ2n) is 4.86. The molecule has 1 nitrogen and oxygen atoms in total. The number of hydrogen-bond acceptors (Lipinski definition) is 1.